The number of carbonyl (C=O) groups is 1. The number of aliphatic carboxylic acids is 1. The van der Waals surface area contributed by atoms with E-state index >= 15 is 0 Å². The van der Waals surface area contributed by atoms with Crippen LogP contribution in [0.1, 0.15) is 66.2 Å². The first-order chi connectivity index (χ1) is 7.07. The van der Waals surface area contributed by atoms with Gasteiger partial charge in [-0.05, 0) is 31.1 Å². The summed E-state index contributed by atoms with van der Waals surface area (Å²) < 4.78 is 0. The van der Waals surface area contributed by atoms with Crippen molar-refractivity contribution in [2.45, 2.75) is 66.2 Å². The van der Waals surface area contributed by atoms with Gasteiger partial charge in [0.2, 0.25) is 0 Å². The third kappa shape index (κ3) is 3.51. The zero-order valence-corrected chi connectivity index (χ0v) is 10.7. The summed E-state index contributed by atoms with van der Waals surface area (Å²) in [5, 5.41) is 9.27. The van der Waals surface area contributed by atoms with E-state index in [0.717, 1.165) is 38.5 Å². The zero-order valence-electron chi connectivity index (χ0n) is 10.7. The highest BCUT2D eigenvalue weighted by atomic mass is 16.4. The van der Waals surface area contributed by atoms with E-state index in [2.05, 4.69) is 20.8 Å². The Morgan fingerprint density at radius 3 is 2.00 bits per heavy atom. The molecule has 0 aliphatic rings. The Labute approximate surface area is 94.1 Å². The Kier molecular flexibility index (Phi) is 6.62. The van der Waals surface area contributed by atoms with Gasteiger partial charge in [-0.25, -0.2) is 0 Å². The van der Waals surface area contributed by atoms with Gasteiger partial charge >= 0.3 is 5.97 Å². The van der Waals surface area contributed by atoms with Gasteiger partial charge in [-0.1, -0.05) is 40.5 Å². The highest BCUT2D eigenvalue weighted by Crippen LogP contribution is 2.42. The Morgan fingerprint density at radius 2 is 1.73 bits per heavy atom. The van der Waals surface area contributed by atoms with E-state index in [9.17, 15) is 9.90 Å². The third-order valence-electron chi connectivity index (χ3n) is 3.88. The molecule has 0 aromatic rings. The summed E-state index contributed by atoms with van der Waals surface area (Å²) in [5.74, 6) is -0.781. The summed E-state index contributed by atoms with van der Waals surface area (Å²) in [4.78, 5) is 11.3. The summed E-state index contributed by atoms with van der Waals surface area (Å²) in [6.07, 6.45) is 6.06. The molecule has 0 amide bonds. The molecule has 0 spiro atoms. The maximum absolute atomic E-state index is 11.3. The van der Waals surface area contributed by atoms with Crippen LogP contribution < -0.4 is 0 Å². The van der Waals surface area contributed by atoms with E-state index in [-0.39, 0.29) is 11.3 Å². The molecule has 90 valence electrons. The zero-order chi connectivity index (χ0) is 11.9. The second kappa shape index (κ2) is 6.86. The molecule has 2 nitrogen and oxygen atoms in total. The van der Waals surface area contributed by atoms with Gasteiger partial charge in [0.1, 0.15) is 0 Å². The SMILES string of the molecule is CCCCC(CC)(CC)C(CC)C(=O)O. The van der Waals surface area contributed by atoms with Gasteiger partial charge in [0.15, 0.2) is 0 Å². The molecule has 15 heavy (non-hydrogen) atoms. The summed E-state index contributed by atoms with van der Waals surface area (Å²) in [7, 11) is 0. The molecule has 0 bridgehead atoms. The van der Waals surface area contributed by atoms with Gasteiger partial charge in [-0.3, -0.25) is 4.79 Å². The molecule has 1 unspecified atom stereocenters. The Balaban J connectivity index is 4.78. The Bertz CT molecular complexity index is 183. The molecule has 1 atom stereocenters. The van der Waals surface area contributed by atoms with Crippen molar-refractivity contribution in [3.8, 4) is 0 Å². The van der Waals surface area contributed by atoms with Crippen molar-refractivity contribution in [1.82, 2.24) is 0 Å². The van der Waals surface area contributed by atoms with Crippen molar-refractivity contribution in [2.75, 3.05) is 0 Å². The number of hydrogen-bond donors (Lipinski definition) is 1. The number of hydrogen-bond acceptors (Lipinski definition) is 1. The lowest BCUT2D eigenvalue weighted by molar-refractivity contribution is -0.147. The van der Waals surface area contributed by atoms with Crippen molar-refractivity contribution in [3.05, 3.63) is 0 Å². The Hall–Kier alpha value is -0.530. The van der Waals surface area contributed by atoms with Gasteiger partial charge < -0.3 is 5.11 Å². The van der Waals surface area contributed by atoms with Crippen LogP contribution in [-0.2, 0) is 4.79 Å². The molecule has 0 rings (SSSR count). The van der Waals surface area contributed by atoms with Crippen LogP contribution >= 0.6 is 0 Å². The summed E-state index contributed by atoms with van der Waals surface area (Å²) in [5.41, 5.74) is 0.0244. The van der Waals surface area contributed by atoms with E-state index in [1.165, 1.54) is 0 Å². The summed E-state index contributed by atoms with van der Waals surface area (Å²) >= 11 is 0. The molecule has 0 saturated carbocycles. The highest BCUT2D eigenvalue weighted by Gasteiger charge is 2.38. The molecular weight excluding hydrogens is 188 g/mol. The van der Waals surface area contributed by atoms with Gasteiger partial charge in [0, 0.05) is 0 Å². The van der Waals surface area contributed by atoms with Crippen LogP contribution in [0.3, 0.4) is 0 Å². The van der Waals surface area contributed by atoms with Crippen LogP contribution in [0.4, 0.5) is 0 Å². The van der Waals surface area contributed by atoms with Crippen LogP contribution in [0.5, 0.6) is 0 Å². The number of carboxylic acids is 1. The standard InChI is InChI=1S/C13H26O2/c1-5-9-10-13(7-3,8-4)11(6-2)12(14)15/h11H,5-10H2,1-4H3,(H,14,15). The average molecular weight is 214 g/mol. The van der Waals surface area contributed by atoms with E-state index in [1.54, 1.807) is 0 Å². The molecule has 0 heterocycles. The van der Waals surface area contributed by atoms with Crippen molar-refractivity contribution in [2.24, 2.45) is 11.3 Å². The minimum absolute atomic E-state index is 0.0244. The lowest BCUT2D eigenvalue weighted by atomic mass is 9.67. The van der Waals surface area contributed by atoms with Gasteiger partial charge in [-0.2, -0.15) is 0 Å². The van der Waals surface area contributed by atoms with Gasteiger partial charge in [0.05, 0.1) is 5.92 Å². The molecule has 2 heteroatoms. The first-order valence-corrected chi connectivity index (χ1v) is 6.30. The molecule has 0 aromatic carbocycles. The van der Waals surface area contributed by atoms with E-state index in [0.29, 0.717) is 0 Å². The molecule has 0 aliphatic carbocycles. The molecule has 1 N–H and O–H groups in total. The maximum atomic E-state index is 11.3. The first-order valence-electron chi connectivity index (χ1n) is 6.30. The normalized spacial score (nSPS) is 13.9. The topological polar surface area (TPSA) is 37.3 Å². The lowest BCUT2D eigenvalue weighted by Crippen LogP contribution is -2.34. The molecular formula is C13H26O2. The fourth-order valence-corrected chi connectivity index (χ4v) is 2.67. The van der Waals surface area contributed by atoms with Gasteiger partial charge in [-0.15, -0.1) is 0 Å². The fourth-order valence-electron chi connectivity index (χ4n) is 2.67. The number of rotatable bonds is 8. The minimum Gasteiger partial charge on any atom is -0.481 e. The van der Waals surface area contributed by atoms with Crippen molar-refractivity contribution in [1.29, 1.82) is 0 Å². The molecule has 0 radical (unpaired) electrons. The molecule has 0 saturated heterocycles. The van der Waals surface area contributed by atoms with Crippen molar-refractivity contribution >= 4 is 5.97 Å². The predicted molar refractivity (Wildman–Crippen MR) is 64.0 cm³/mol. The Morgan fingerprint density at radius 1 is 1.20 bits per heavy atom. The molecule has 0 aliphatic heterocycles. The fraction of sp³-hybridized carbons (Fsp3) is 0.923. The van der Waals surface area contributed by atoms with Crippen LogP contribution in [0.15, 0.2) is 0 Å². The van der Waals surface area contributed by atoms with E-state index in [1.807, 2.05) is 6.92 Å². The quantitative estimate of drug-likeness (QED) is 0.660. The van der Waals surface area contributed by atoms with Gasteiger partial charge in [0.25, 0.3) is 0 Å². The molecule has 0 aromatic heterocycles. The smallest absolute Gasteiger partial charge is 0.307 e. The number of unbranched alkanes of at least 4 members (excludes halogenated alkanes) is 1. The summed E-state index contributed by atoms with van der Waals surface area (Å²) in [6.45, 7) is 8.41. The predicted octanol–water partition coefficient (Wildman–Crippen LogP) is 4.09. The maximum Gasteiger partial charge on any atom is 0.307 e. The number of carboxylic acid groups (broad SMARTS) is 1. The second-order valence-corrected chi connectivity index (χ2v) is 4.47. The van der Waals surface area contributed by atoms with Crippen molar-refractivity contribution < 1.29 is 9.90 Å². The minimum atomic E-state index is -0.614. The van der Waals surface area contributed by atoms with Crippen LogP contribution in [0, 0.1) is 11.3 Å². The largest absolute Gasteiger partial charge is 0.481 e. The molecule has 0 fully saturated rings. The summed E-state index contributed by atoms with van der Waals surface area (Å²) in [6, 6.07) is 0. The lowest BCUT2D eigenvalue weighted by Gasteiger charge is -2.37. The van der Waals surface area contributed by atoms with E-state index in [4.69, 9.17) is 0 Å². The van der Waals surface area contributed by atoms with Crippen LogP contribution in [-0.4, -0.2) is 11.1 Å². The third-order valence-corrected chi connectivity index (χ3v) is 3.88. The second-order valence-electron chi connectivity index (χ2n) is 4.47. The first kappa shape index (κ1) is 14.5. The monoisotopic (exact) mass is 214 g/mol. The van der Waals surface area contributed by atoms with Crippen LogP contribution in [0.2, 0.25) is 0 Å². The van der Waals surface area contributed by atoms with Crippen molar-refractivity contribution in [3.63, 3.8) is 0 Å². The average Bonchev–Trinajstić information content (AvgIpc) is 2.24. The van der Waals surface area contributed by atoms with Crippen LogP contribution in [0.25, 0.3) is 0 Å². The van der Waals surface area contributed by atoms with E-state index < -0.39 is 5.97 Å². The highest BCUT2D eigenvalue weighted by molar-refractivity contribution is 5.71.